The molecular weight excluding hydrogens is 260 g/mol. The van der Waals surface area contributed by atoms with Crippen molar-refractivity contribution in [3.63, 3.8) is 0 Å². The normalized spacial score (nSPS) is 60.0. The molecule has 4 saturated carbocycles. The lowest BCUT2D eigenvalue weighted by molar-refractivity contribution is -0.133. The molecule has 0 unspecified atom stereocenters. The van der Waals surface area contributed by atoms with Gasteiger partial charge in [-0.05, 0) is 92.3 Å². The average molecular weight is 292 g/mol. The molecule has 4 rings (SSSR count). The van der Waals surface area contributed by atoms with Crippen LogP contribution in [-0.4, -0.2) is 22.4 Å². The fourth-order valence-corrected chi connectivity index (χ4v) is 7.21. The monoisotopic (exact) mass is 292 g/mol. The minimum absolute atomic E-state index is 0.0400. The first kappa shape index (κ1) is 14.5. The largest absolute Gasteiger partial charge is 0.393 e. The van der Waals surface area contributed by atoms with Crippen LogP contribution in [-0.2, 0) is 0 Å². The van der Waals surface area contributed by atoms with Gasteiger partial charge in [-0.1, -0.05) is 13.8 Å². The van der Waals surface area contributed by atoms with E-state index in [0.29, 0.717) is 5.41 Å². The summed E-state index contributed by atoms with van der Waals surface area (Å²) < 4.78 is 0. The Hall–Kier alpha value is -0.0800. The summed E-state index contributed by atoms with van der Waals surface area (Å²) in [6.07, 6.45) is 10.7. The fraction of sp³-hybridized carbons (Fsp3) is 1.00. The topological polar surface area (TPSA) is 40.5 Å². The number of rotatable bonds is 0. The van der Waals surface area contributed by atoms with Gasteiger partial charge in [0.15, 0.2) is 0 Å². The molecule has 8 atom stereocenters. The van der Waals surface area contributed by atoms with Crippen LogP contribution in [0, 0.1) is 34.5 Å². The highest BCUT2D eigenvalue weighted by atomic mass is 16.3. The van der Waals surface area contributed by atoms with Gasteiger partial charge in [0.2, 0.25) is 0 Å². The fourth-order valence-electron chi connectivity index (χ4n) is 7.21. The second-order valence-corrected chi connectivity index (χ2v) is 9.22. The summed E-state index contributed by atoms with van der Waals surface area (Å²) in [5, 5.41) is 20.5. The lowest BCUT2D eigenvalue weighted by Gasteiger charge is -2.60. The minimum Gasteiger partial charge on any atom is -0.393 e. The van der Waals surface area contributed by atoms with Crippen LogP contribution in [0.1, 0.15) is 71.6 Å². The molecule has 2 heteroatoms. The maximum atomic E-state index is 10.5. The molecule has 0 aromatic heterocycles. The molecule has 0 radical (unpaired) electrons. The standard InChI is InChI=1S/C19H32O2/c1-18-9-7-13(20)11-12(18)3-4-14-15-5-6-17(21)19(15,2)10-8-16(14)18/h12-17,20-21H,3-11H2,1-2H3/t12-,13-,14+,15-,16+,17-,18-,19-/m0/s1. The van der Waals surface area contributed by atoms with Crippen LogP contribution in [0.4, 0.5) is 0 Å². The molecule has 4 fully saturated rings. The number of hydrogen-bond acceptors (Lipinski definition) is 2. The van der Waals surface area contributed by atoms with Gasteiger partial charge in [0, 0.05) is 0 Å². The van der Waals surface area contributed by atoms with Gasteiger partial charge in [0.05, 0.1) is 12.2 Å². The van der Waals surface area contributed by atoms with Crippen molar-refractivity contribution in [2.45, 2.75) is 83.8 Å². The van der Waals surface area contributed by atoms with Crippen molar-refractivity contribution in [3.05, 3.63) is 0 Å². The molecule has 4 aliphatic carbocycles. The molecule has 0 bridgehead atoms. The zero-order valence-corrected chi connectivity index (χ0v) is 13.7. The molecule has 2 N–H and O–H groups in total. The second kappa shape index (κ2) is 4.71. The summed E-state index contributed by atoms with van der Waals surface area (Å²) in [5.41, 5.74) is 0.676. The van der Waals surface area contributed by atoms with Gasteiger partial charge in [-0.15, -0.1) is 0 Å². The highest BCUT2D eigenvalue weighted by Crippen LogP contribution is 2.66. The smallest absolute Gasteiger partial charge is 0.0596 e. The molecule has 0 amide bonds. The van der Waals surface area contributed by atoms with E-state index in [1.807, 2.05) is 0 Å². The van der Waals surface area contributed by atoms with Crippen LogP contribution in [0.15, 0.2) is 0 Å². The number of fused-ring (bicyclic) bond motifs is 5. The van der Waals surface area contributed by atoms with Crippen LogP contribution in [0.2, 0.25) is 0 Å². The second-order valence-electron chi connectivity index (χ2n) is 9.22. The predicted octanol–water partition coefficient (Wildman–Crippen LogP) is 3.75. The Morgan fingerprint density at radius 3 is 2.29 bits per heavy atom. The van der Waals surface area contributed by atoms with Crippen molar-refractivity contribution in [1.82, 2.24) is 0 Å². The molecule has 0 heterocycles. The zero-order valence-electron chi connectivity index (χ0n) is 13.7. The molecule has 0 aromatic carbocycles. The van der Waals surface area contributed by atoms with Gasteiger partial charge in [0.25, 0.3) is 0 Å². The first-order valence-electron chi connectivity index (χ1n) is 9.31. The Kier molecular flexibility index (Phi) is 3.25. The van der Waals surface area contributed by atoms with E-state index < -0.39 is 0 Å². The molecular formula is C19H32O2. The van der Waals surface area contributed by atoms with Gasteiger partial charge in [-0.25, -0.2) is 0 Å². The lowest BCUT2D eigenvalue weighted by Crippen LogP contribution is -2.54. The van der Waals surface area contributed by atoms with Crippen molar-refractivity contribution in [1.29, 1.82) is 0 Å². The maximum absolute atomic E-state index is 10.5. The Bertz CT molecular complexity index is 422. The lowest BCUT2D eigenvalue weighted by atomic mass is 9.45. The number of aliphatic hydroxyl groups is 2. The molecule has 120 valence electrons. The SMILES string of the molecule is C[C@]12CC[C@H](O)C[C@@H]1CC[C@H]1[C@H]2CC[C@]2(C)[C@@H](O)CC[C@@H]12. The highest BCUT2D eigenvalue weighted by molar-refractivity contribution is 5.09. The van der Waals surface area contributed by atoms with E-state index in [1.165, 1.54) is 38.5 Å². The third-order valence-corrected chi connectivity index (χ3v) is 8.59. The molecule has 21 heavy (non-hydrogen) atoms. The van der Waals surface area contributed by atoms with Crippen molar-refractivity contribution < 1.29 is 10.2 Å². The predicted molar refractivity (Wildman–Crippen MR) is 83.7 cm³/mol. The average Bonchev–Trinajstić information content (AvgIpc) is 2.76. The summed E-state index contributed by atoms with van der Waals surface area (Å²) in [4.78, 5) is 0. The van der Waals surface area contributed by atoms with Crippen LogP contribution in [0.25, 0.3) is 0 Å². The Balaban J connectivity index is 1.62. The van der Waals surface area contributed by atoms with Gasteiger partial charge in [-0.3, -0.25) is 0 Å². The summed E-state index contributed by atoms with van der Waals surface area (Å²) in [7, 11) is 0. The van der Waals surface area contributed by atoms with Gasteiger partial charge >= 0.3 is 0 Å². The summed E-state index contributed by atoms with van der Waals surface area (Å²) in [5.74, 6) is 3.21. The van der Waals surface area contributed by atoms with E-state index in [2.05, 4.69) is 13.8 Å². The third-order valence-electron chi connectivity index (χ3n) is 8.59. The molecule has 0 aromatic rings. The van der Waals surface area contributed by atoms with E-state index in [0.717, 1.165) is 42.9 Å². The first-order chi connectivity index (χ1) is 9.95. The molecule has 4 aliphatic rings. The van der Waals surface area contributed by atoms with Crippen LogP contribution < -0.4 is 0 Å². The maximum Gasteiger partial charge on any atom is 0.0596 e. The third kappa shape index (κ3) is 1.91. The molecule has 2 nitrogen and oxygen atoms in total. The van der Waals surface area contributed by atoms with Crippen molar-refractivity contribution in [3.8, 4) is 0 Å². The minimum atomic E-state index is -0.0536. The number of hydrogen-bond donors (Lipinski definition) is 2. The summed E-state index contributed by atoms with van der Waals surface area (Å²) in [6, 6.07) is 0. The highest BCUT2D eigenvalue weighted by Gasteiger charge is 2.59. The van der Waals surface area contributed by atoms with Crippen LogP contribution >= 0.6 is 0 Å². The van der Waals surface area contributed by atoms with E-state index in [4.69, 9.17) is 0 Å². The molecule has 0 spiro atoms. The molecule has 0 saturated heterocycles. The summed E-state index contributed by atoms with van der Waals surface area (Å²) in [6.45, 7) is 4.90. The van der Waals surface area contributed by atoms with E-state index in [1.54, 1.807) is 0 Å². The Morgan fingerprint density at radius 1 is 0.762 bits per heavy atom. The van der Waals surface area contributed by atoms with Crippen molar-refractivity contribution in [2.75, 3.05) is 0 Å². The van der Waals surface area contributed by atoms with Gasteiger partial charge in [-0.2, -0.15) is 0 Å². The first-order valence-corrected chi connectivity index (χ1v) is 9.31. The van der Waals surface area contributed by atoms with E-state index in [-0.39, 0.29) is 17.6 Å². The Morgan fingerprint density at radius 2 is 1.48 bits per heavy atom. The van der Waals surface area contributed by atoms with Crippen LogP contribution in [0.3, 0.4) is 0 Å². The number of aliphatic hydroxyl groups excluding tert-OH is 2. The Labute approximate surface area is 129 Å². The van der Waals surface area contributed by atoms with Gasteiger partial charge in [0.1, 0.15) is 0 Å². The zero-order chi connectivity index (χ0) is 14.8. The van der Waals surface area contributed by atoms with Crippen molar-refractivity contribution >= 4 is 0 Å². The summed E-state index contributed by atoms with van der Waals surface area (Å²) >= 11 is 0. The van der Waals surface area contributed by atoms with E-state index in [9.17, 15) is 10.2 Å². The van der Waals surface area contributed by atoms with Gasteiger partial charge < -0.3 is 10.2 Å². The molecule has 0 aliphatic heterocycles. The van der Waals surface area contributed by atoms with Crippen LogP contribution in [0.5, 0.6) is 0 Å². The quantitative estimate of drug-likeness (QED) is 0.714. The van der Waals surface area contributed by atoms with E-state index >= 15 is 0 Å². The van der Waals surface area contributed by atoms with Crippen molar-refractivity contribution in [2.24, 2.45) is 34.5 Å².